The summed E-state index contributed by atoms with van der Waals surface area (Å²) in [5.41, 5.74) is 0.660. The van der Waals surface area contributed by atoms with Crippen LogP contribution in [0.25, 0.3) is 0 Å². The van der Waals surface area contributed by atoms with E-state index in [0.717, 1.165) is 14.4 Å². The Morgan fingerprint density at radius 2 is 2.00 bits per heavy atom. The summed E-state index contributed by atoms with van der Waals surface area (Å²) >= 11 is 4.97. The lowest BCUT2D eigenvalue weighted by Gasteiger charge is -2.06. The third-order valence-corrected chi connectivity index (χ3v) is 4.24. The minimum Gasteiger partial charge on any atom is -0.294 e. The van der Waals surface area contributed by atoms with Crippen LogP contribution in [0.15, 0.2) is 57.0 Å². The number of benzene rings is 1. The van der Waals surface area contributed by atoms with Crippen LogP contribution in [0.4, 0.5) is 0 Å². The van der Waals surface area contributed by atoms with Crippen molar-refractivity contribution in [3.8, 4) is 0 Å². The molecule has 0 aliphatic rings. The molecule has 0 atom stereocenters. The zero-order valence-corrected chi connectivity index (χ0v) is 11.6. The summed E-state index contributed by atoms with van der Waals surface area (Å²) in [6, 6.07) is 11.5. The molecule has 0 fully saturated rings. The van der Waals surface area contributed by atoms with Gasteiger partial charge in [-0.3, -0.25) is 4.79 Å². The molecule has 2 nitrogen and oxygen atoms in total. The number of hydrogen-bond donors (Lipinski definition) is 0. The number of carbonyl (C=O) groups excluding carboxylic acids is 1. The van der Waals surface area contributed by atoms with Gasteiger partial charge in [0.05, 0.1) is 0 Å². The molecule has 0 radical (unpaired) electrons. The summed E-state index contributed by atoms with van der Waals surface area (Å²) in [7, 11) is 0. The molecule has 86 valence electrons. The van der Waals surface area contributed by atoms with Gasteiger partial charge in [0.2, 0.25) is 0 Å². The van der Waals surface area contributed by atoms with Crippen LogP contribution in [-0.4, -0.2) is 10.8 Å². The van der Waals surface area contributed by atoms with Crippen LogP contribution >= 0.6 is 27.7 Å². The minimum atomic E-state index is 0.0349. The Kier molecular flexibility index (Phi) is 3.97. The van der Waals surface area contributed by atoms with Crippen molar-refractivity contribution in [1.29, 1.82) is 0 Å². The predicted molar refractivity (Wildman–Crippen MR) is 72.5 cm³/mol. The van der Waals surface area contributed by atoms with Gasteiger partial charge in [0.25, 0.3) is 0 Å². The SMILES string of the molecule is CC(=O)c1cccnc1Sc1ccccc1Br. The molecular weight excluding hydrogens is 298 g/mol. The van der Waals surface area contributed by atoms with E-state index in [-0.39, 0.29) is 5.78 Å². The molecular formula is C13H10BrNOS. The molecule has 1 aromatic heterocycles. The molecule has 0 bridgehead atoms. The summed E-state index contributed by atoms with van der Waals surface area (Å²) in [5.74, 6) is 0.0349. The van der Waals surface area contributed by atoms with Gasteiger partial charge in [-0.15, -0.1) is 0 Å². The molecule has 0 saturated carbocycles. The lowest BCUT2D eigenvalue weighted by molar-refractivity contribution is 0.101. The van der Waals surface area contributed by atoms with Gasteiger partial charge < -0.3 is 0 Å². The van der Waals surface area contributed by atoms with Crippen molar-refractivity contribution in [2.45, 2.75) is 16.8 Å². The molecule has 0 spiro atoms. The molecule has 0 unspecified atom stereocenters. The Labute approximate surface area is 113 Å². The Morgan fingerprint density at radius 3 is 2.71 bits per heavy atom. The van der Waals surface area contributed by atoms with E-state index in [1.54, 1.807) is 25.3 Å². The van der Waals surface area contributed by atoms with Crippen molar-refractivity contribution in [1.82, 2.24) is 4.98 Å². The second kappa shape index (κ2) is 5.47. The molecule has 2 rings (SSSR count). The average Bonchev–Trinajstić information content (AvgIpc) is 2.32. The lowest BCUT2D eigenvalue weighted by Crippen LogP contribution is -1.96. The zero-order chi connectivity index (χ0) is 12.3. The lowest BCUT2D eigenvalue weighted by atomic mass is 10.2. The topological polar surface area (TPSA) is 30.0 Å². The molecule has 0 aliphatic heterocycles. The molecule has 4 heteroatoms. The highest BCUT2D eigenvalue weighted by Gasteiger charge is 2.10. The maximum atomic E-state index is 11.5. The number of carbonyl (C=O) groups is 1. The van der Waals surface area contributed by atoms with Gasteiger partial charge >= 0.3 is 0 Å². The van der Waals surface area contributed by atoms with Gasteiger partial charge in [-0.05, 0) is 47.1 Å². The van der Waals surface area contributed by atoms with E-state index in [9.17, 15) is 4.79 Å². The second-order valence-electron chi connectivity index (χ2n) is 3.44. The van der Waals surface area contributed by atoms with Crippen LogP contribution in [0, 0.1) is 0 Å². The Bertz CT molecular complexity index is 557. The molecule has 17 heavy (non-hydrogen) atoms. The highest BCUT2D eigenvalue weighted by atomic mass is 79.9. The fourth-order valence-corrected chi connectivity index (χ4v) is 2.86. The largest absolute Gasteiger partial charge is 0.294 e. The van der Waals surface area contributed by atoms with Crippen LogP contribution in [0.5, 0.6) is 0 Å². The maximum absolute atomic E-state index is 11.5. The fraction of sp³-hybridized carbons (Fsp3) is 0.0769. The van der Waals surface area contributed by atoms with E-state index in [0.29, 0.717) is 5.56 Å². The number of pyridine rings is 1. The van der Waals surface area contributed by atoms with Crippen molar-refractivity contribution in [2.24, 2.45) is 0 Å². The van der Waals surface area contributed by atoms with Gasteiger partial charge in [-0.2, -0.15) is 0 Å². The first-order chi connectivity index (χ1) is 8.18. The monoisotopic (exact) mass is 307 g/mol. The third-order valence-electron chi connectivity index (χ3n) is 2.19. The molecule has 0 N–H and O–H groups in total. The Hall–Kier alpha value is -1.13. The summed E-state index contributed by atoms with van der Waals surface area (Å²) < 4.78 is 1.00. The van der Waals surface area contributed by atoms with Crippen molar-refractivity contribution < 1.29 is 4.79 Å². The van der Waals surface area contributed by atoms with E-state index < -0.39 is 0 Å². The number of halogens is 1. The van der Waals surface area contributed by atoms with E-state index in [4.69, 9.17) is 0 Å². The third kappa shape index (κ3) is 2.96. The van der Waals surface area contributed by atoms with E-state index >= 15 is 0 Å². The molecule has 1 aromatic carbocycles. The van der Waals surface area contributed by atoms with Gasteiger partial charge in [-0.1, -0.05) is 23.9 Å². The number of rotatable bonds is 3. The van der Waals surface area contributed by atoms with Crippen LogP contribution in [0.2, 0.25) is 0 Å². The van der Waals surface area contributed by atoms with Gasteiger partial charge in [0.15, 0.2) is 5.78 Å². The zero-order valence-electron chi connectivity index (χ0n) is 9.18. The molecule has 0 aliphatic carbocycles. The van der Waals surface area contributed by atoms with Gasteiger partial charge in [-0.25, -0.2) is 4.98 Å². The fourth-order valence-electron chi connectivity index (χ4n) is 1.37. The van der Waals surface area contributed by atoms with Crippen molar-refractivity contribution >= 4 is 33.5 Å². The number of aromatic nitrogens is 1. The molecule has 0 saturated heterocycles. The molecule has 1 heterocycles. The number of hydrogen-bond acceptors (Lipinski definition) is 3. The van der Waals surface area contributed by atoms with Crippen molar-refractivity contribution in [3.05, 3.63) is 52.6 Å². The molecule has 0 amide bonds. The predicted octanol–water partition coefficient (Wildman–Crippen LogP) is 4.20. The quantitative estimate of drug-likeness (QED) is 0.796. The van der Waals surface area contributed by atoms with Crippen molar-refractivity contribution in [2.75, 3.05) is 0 Å². The van der Waals surface area contributed by atoms with Gasteiger partial charge in [0, 0.05) is 21.1 Å². The first kappa shape index (κ1) is 12.3. The Morgan fingerprint density at radius 1 is 1.24 bits per heavy atom. The van der Waals surface area contributed by atoms with Crippen LogP contribution in [0.3, 0.4) is 0 Å². The van der Waals surface area contributed by atoms with E-state index in [2.05, 4.69) is 20.9 Å². The van der Waals surface area contributed by atoms with Crippen LogP contribution in [-0.2, 0) is 0 Å². The highest BCUT2D eigenvalue weighted by Crippen LogP contribution is 2.33. The summed E-state index contributed by atoms with van der Waals surface area (Å²) in [6.07, 6.45) is 1.70. The van der Waals surface area contributed by atoms with Crippen molar-refractivity contribution in [3.63, 3.8) is 0 Å². The number of ketones is 1. The first-order valence-electron chi connectivity index (χ1n) is 5.07. The smallest absolute Gasteiger partial charge is 0.162 e. The average molecular weight is 308 g/mol. The maximum Gasteiger partial charge on any atom is 0.162 e. The summed E-state index contributed by atoms with van der Waals surface area (Å²) in [6.45, 7) is 1.56. The Balaban J connectivity index is 2.37. The normalized spacial score (nSPS) is 10.2. The summed E-state index contributed by atoms with van der Waals surface area (Å²) in [4.78, 5) is 16.8. The van der Waals surface area contributed by atoms with E-state index in [1.807, 2.05) is 24.3 Å². The number of nitrogens with zero attached hydrogens (tertiary/aromatic N) is 1. The van der Waals surface area contributed by atoms with Gasteiger partial charge in [0.1, 0.15) is 5.03 Å². The highest BCUT2D eigenvalue weighted by molar-refractivity contribution is 9.10. The minimum absolute atomic E-state index is 0.0349. The number of Topliss-reactive ketones (excluding diaryl/α,β-unsaturated/α-hetero) is 1. The first-order valence-corrected chi connectivity index (χ1v) is 6.68. The van der Waals surface area contributed by atoms with Crippen LogP contribution < -0.4 is 0 Å². The van der Waals surface area contributed by atoms with Crippen LogP contribution in [0.1, 0.15) is 17.3 Å². The molecule has 2 aromatic rings. The summed E-state index contributed by atoms with van der Waals surface area (Å²) in [5, 5.41) is 0.743. The second-order valence-corrected chi connectivity index (χ2v) is 5.33. The van der Waals surface area contributed by atoms with E-state index in [1.165, 1.54) is 11.8 Å². The standard InChI is InChI=1S/C13H10BrNOS/c1-9(16)10-5-4-8-15-13(10)17-12-7-3-2-6-11(12)14/h2-8H,1H3.